The van der Waals surface area contributed by atoms with Gasteiger partial charge in [0.1, 0.15) is 23.7 Å². The lowest BCUT2D eigenvalue weighted by atomic mass is 9.74. The summed E-state index contributed by atoms with van der Waals surface area (Å²) < 4.78 is 30.7. The molecule has 2 N–H and O–H groups in total. The van der Waals surface area contributed by atoms with E-state index in [1.165, 1.54) is 13.1 Å². The molecule has 1 unspecified atom stereocenters. The number of carbonyl (C=O) groups is 3. The molecule has 3 heterocycles. The lowest BCUT2D eigenvalue weighted by Gasteiger charge is -2.47. The van der Waals surface area contributed by atoms with Crippen LogP contribution < -0.4 is 0 Å². The molecule has 1 saturated heterocycles. The number of hydrogen-bond donors (Lipinski definition) is 2. The van der Waals surface area contributed by atoms with E-state index in [-0.39, 0.29) is 37.5 Å². The summed E-state index contributed by atoms with van der Waals surface area (Å²) in [6, 6.07) is 8.98. The van der Waals surface area contributed by atoms with Gasteiger partial charge in [-0.1, -0.05) is 50.6 Å². The lowest BCUT2D eigenvalue weighted by Crippen LogP contribution is -2.59. The van der Waals surface area contributed by atoms with Crippen molar-refractivity contribution in [3.63, 3.8) is 0 Å². The molecule has 0 bridgehead atoms. The molecule has 300 valence electrons. The van der Waals surface area contributed by atoms with Gasteiger partial charge in [-0.05, 0) is 92.4 Å². The van der Waals surface area contributed by atoms with Crippen LogP contribution in [-0.2, 0) is 33.3 Å². The molecule has 1 aromatic heterocycles. The Kier molecular flexibility index (Phi) is 14.6. The van der Waals surface area contributed by atoms with E-state index in [9.17, 15) is 24.6 Å². The fourth-order valence-corrected chi connectivity index (χ4v) is 8.43. The number of likely N-dealkylation sites (N-methyl/N-ethyl adjacent to an activating group) is 1. The van der Waals surface area contributed by atoms with Crippen molar-refractivity contribution in [1.29, 1.82) is 0 Å². The smallest absolute Gasteiger partial charge is 0.339 e. The van der Waals surface area contributed by atoms with Gasteiger partial charge in [-0.25, -0.2) is 4.79 Å². The predicted octanol–water partition coefficient (Wildman–Crippen LogP) is 5.51. The average Bonchev–Trinajstić information content (AvgIpc) is 3.13. The topological polar surface area (TPSA) is 154 Å². The minimum atomic E-state index is -1.59. The van der Waals surface area contributed by atoms with E-state index in [0.29, 0.717) is 18.4 Å². The van der Waals surface area contributed by atoms with Gasteiger partial charge in [0.25, 0.3) is 0 Å². The van der Waals surface area contributed by atoms with E-state index in [2.05, 4.69) is 4.98 Å². The van der Waals surface area contributed by atoms with E-state index in [1.54, 1.807) is 27.0 Å². The minimum absolute atomic E-state index is 0.0232. The van der Waals surface area contributed by atoms with Gasteiger partial charge in [0, 0.05) is 36.6 Å². The zero-order valence-corrected chi connectivity index (χ0v) is 33.9. The number of hydrogen-bond acceptors (Lipinski definition) is 12. The van der Waals surface area contributed by atoms with Gasteiger partial charge in [0.2, 0.25) is 0 Å². The number of aliphatic hydroxyl groups is 2. The summed E-state index contributed by atoms with van der Waals surface area (Å²) in [7, 11) is 5.33. The Labute approximate surface area is 320 Å². The summed E-state index contributed by atoms with van der Waals surface area (Å²) in [6.45, 7) is 14.3. The maximum Gasteiger partial charge on any atom is 0.339 e. The average molecular weight is 755 g/mol. The summed E-state index contributed by atoms with van der Waals surface area (Å²) in [6.07, 6.45) is 0.811. The van der Waals surface area contributed by atoms with Gasteiger partial charge in [0.05, 0.1) is 35.5 Å². The second-order valence-electron chi connectivity index (χ2n) is 16.1. The van der Waals surface area contributed by atoms with Crippen LogP contribution >= 0.6 is 0 Å². The van der Waals surface area contributed by atoms with Crippen molar-refractivity contribution >= 4 is 28.6 Å². The number of esters is 2. The highest BCUT2D eigenvalue weighted by atomic mass is 16.7. The van der Waals surface area contributed by atoms with Crippen LogP contribution in [0, 0.1) is 23.7 Å². The van der Waals surface area contributed by atoms with Crippen LogP contribution in [0.25, 0.3) is 10.9 Å². The summed E-state index contributed by atoms with van der Waals surface area (Å²) >= 11 is 0. The van der Waals surface area contributed by atoms with Gasteiger partial charge in [-0.2, -0.15) is 0 Å². The third-order valence-electron chi connectivity index (χ3n) is 11.6. The highest BCUT2D eigenvalue weighted by Crippen LogP contribution is 2.39. The maximum absolute atomic E-state index is 14.2. The van der Waals surface area contributed by atoms with E-state index in [1.807, 2.05) is 84.0 Å². The van der Waals surface area contributed by atoms with Crippen molar-refractivity contribution in [2.75, 3.05) is 27.8 Å². The van der Waals surface area contributed by atoms with Crippen molar-refractivity contribution < 1.29 is 48.3 Å². The van der Waals surface area contributed by atoms with E-state index < -0.39 is 71.3 Å². The number of ketones is 1. The number of ether oxygens (including phenoxy) is 5. The standard InChI is InChI=1S/C42H62N2O10/c1-12-34-42(8,49)31(17-18-51-39(48)30-21-29-15-13-14-16-32(29)43-23-30)25(3)19-24(2)22-41(7,50-11)37(27(5)35(45)28(6)38(47)53-34)54-40-36(46)33(44(9)10)20-26(4)52-40/h13-16,19,21,23-24,26-28,31,33-34,36-37,40,46,49H,12,17-18,20,22H2,1-11H3/b25-19-/t24-,26+,27-,28?,31+,33-,34+,36+,37+,40-,41+,42-/m0/s1. The molecule has 12 heteroatoms. The molecule has 2 aliphatic heterocycles. The van der Waals surface area contributed by atoms with Crippen molar-refractivity contribution in [2.24, 2.45) is 23.7 Å². The third-order valence-corrected chi connectivity index (χ3v) is 11.6. The molecule has 1 fully saturated rings. The maximum atomic E-state index is 14.2. The Morgan fingerprint density at radius 1 is 1.11 bits per heavy atom. The molecule has 0 amide bonds. The monoisotopic (exact) mass is 754 g/mol. The summed E-state index contributed by atoms with van der Waals surface area (Å²) in [5.74, 6) is -4.57. The third kappa shape index (κ3) is 9.75. The molecule has 2 aromatic rings. The first-order valence-electron chi connectivity index (χ1n) is 19.2. The zero-order valence-electron chi connectivity index (χ0n) is 33.9. The van der Waals surface area contributed by atoms with Crippen LogP contribution in [0.1, 0.15) is 91.4 Å². The number of Topliss-reactive ketones (excluding diaryl/α,β-unsaturated/α-hetero) is 1. The number of aliphatic hydroxyl groups excluding tert-OH is 1. The second-order valence-corrected chi connectivity index (χ2v) is 16.1. The largest absolute Gasteiger partial charge is 0.462 e. The number of pyridine rings is 1. The van der Waals surface area contributed by atoms with Gasteiger partial charge in [-0.3, -0.25) is 14.6 Å². The molecule has 0 radical (unpaired) electrons. The first-order chi connectivity index (χ1) is 25.3. The van der Waals surface area contributed by atoms with Crippen molar-refractivity contribution in [1.82, 2.24) is 9.88 Å². The summed E-state index contributed by atoms with van der Waals surface area (Å²) in [4.78, 5) is 47.4. The van der Waals surface area contributed by atoms with Crippen LogP contribution in [0.15, 0.2) is 48.2 Å². The Balaban J connectivity index is 1.68. The normalized spacial score (nSPS) is 37.0. The number of carbonyl (C=O) groups excluding carboxylic acids is 3. The minimum Gasteiger partial charge on any atom is -0.462 e. The number of rotatable bonds is 9. The van der Waals surface area contributed by atoms with Gasteiger partial charge >= 0.3 is 11.9 Å². The Morgan fingerprint density at radius 3 is 2.44 bits per heavy atom. The SMILES string of the molecule is CC[C@H]1OC(=O)C(C)C(=O)[C@H](C)[C@@H](O[C@@H]2O[C@H](C)C[C@H](N(C)C)[C@H]2O)[C@](C)(OC)C[C@@H](C)/C=C(/C)[C@@H](CCOC(=O)c2cnc3ccccc3c2)[C@]1(C)O. The molecule has 1 aromatic carbocycles. The first-order valence-corrected chi connectivity index (χ1v) is 19.2. The van der Waals surface area contributed by atoms with Gasteiger partial charge < -0.3 is 38.8 Å². The molecule has 12 nitrogen and oxygen atoms in total. The van der Waals surface area contributed by atoms with Crippen LogP contribution in [-0.4, -0.2) is 114 Å². The lowest BCUT2D eigenvalue weighted by molar-refractivity contribution is -0.295. The zero-order chi connectivity index (χ0) is 40.1. The number of aromatic nitrogens is 1. The number of fused-ring (bicyclic) bond motifs is 1. The predicted molar refractivity (Wildman–Crippen MR) is 205 cm³/mol. The fourth-order valence-electron chi connectivity index (χ4n) is 8.43. The van der Waals surface area contributed by atoms with E-state index in [4.69, 9.17) is 23.7 Å². The molecule has 4 rings (SSSR count). The molecule has 0 spiro atoms. The summed E-state index contributed by atoms with van der Waals surface area (Å²) in [5.41, 5.74) is -0.799. The van der Waals surface area contributed by atoms with Crippen LogP contribution in [0.2, 0.25) is 0 Å². The Morgan fingerprint density at radius 2 is 1.80 bits per heavy atom. The Bertz CT molecular complexity index is 1640. The molecule has 0 aliphatic carbocycles. The molecular formula is C42H62N2O10. The van der Waals surface area contributed by atoms with Crippen LogP contribution in [0.5, 0.6) is 0 Å². The van der Waals surface area contributed by atoms with E-state index >= 15 is 0 Å². The second kappa shape index (κ2) is 18.1. The Hall–Kier alpha value is -3.26. The number of para-hydroxylation sites is 1. The van der Waals surface area contributed by atoms with Crippen molar-refractivity contribution in [3.05, 3.63) is 53.7 Å². The highest BCUT2D eigenvalue weighted by molar-refractivity contribution is 6.00. The van der Waals surface area contributed by atoms with Crippen molar-refractivity contribution in [3.8, 4) is 0 Å². The molecule has 0 saturated carbocycles. The van der Waals surface area contributed by atoms with E-state index in [0.717, 1.165) is 16.5 Å². The number of cyclic esters (lactones) is 1. The quantitative estimate of drug-likeness (QED) is 0.188. The van der Waals surface area contributed by atoms with Crippen LogP contribution in [0.3, 0.4) is 0 Å². The van der Waals surface area contributed by atoms with Gasteiger partial charge in [0.15, 0.2) is 12.1 Å². The first kappa shape index (κ1) is 43.5. The number of allylic oxidation sites excluding steroid dienone is 1. The number of methoxy groups -OCH3 is 1. The highest BCUT2D eigenvalue weighted by Gasteiger charge is 2.50. The number of nitrogens with zero attached hydrogens (tertiary/aromatic N) is 2. The number of benzene rings is 1. The molecule has 12 atom stereocenters. The summed E-state index contributed by atoms with van der Waals surface area (Å²) in [5, 5.41) is 24.4. The molecular weight excluding hydrogens is 692 g/mol. The molecule has 2 aliphatic rings. The van der Waals surface area contributed by atoms with Crippen molar-refractivity contribution in [2.45, 2.75) is 129 Å². The molecule has 54 heavy (non-hydrogen) atoms. The van der Waals surface area contributed by atoms with Crippen LogP contribution in [0.4, 0.5) is 0 Å². The fraction of sp³-hybridized carbons (Fsp3) is 0.667. The van der Waals surface area contributed by atoms with Gasteiger partial charge in [-0.15, -0.1) is 0 Å².